The second kappa shape index (κ2) is 4.90. The zero-order chi connectivity index (χ0) is 13.9. The molecule has 0 bridgehead atoms. The largest absolute Gasteiger partial charge is 0.334 e. The Labute approximate surface area is 113 Å². The smallest absolute Gasteiger partial charge is 0.258 e. The van der Waals surface area contributed by atoms with E-state index in [1.807, 2.05) is 6.07 Å². The molecular weight excluding hydrogens is 259 g/mol. The standard InChI is InChI=1S/C14H7FN4O/c15-11-4-5-12(17-8-11)13-18-14(20-19-13)10-3-1-2-9(6-10)7-16/h1-6,8H. The SMILES string of the molecule is N#Cc1cccc(-c2nc(-c3ccc(F)cn3)no2)c1. The molecule has 0 radical (unpaired) electrons. The highest BCUT2D eigenvalue weighted by Gasteiger charge is 2.12. The normalized spacial score (nSPS) is 10.2. The summed E-state index contributed by atoms with van der Waals surface area (Å²) in [5, 5.41) is 12.7. The molecule has 0 N–H and O–H groups in total. The predicted octanol–water partition coefficient (Wildman–Crippen LogP) is 2.81. The van der Waals surface area contributed by atoms with Gasteiger partial charge in [-0.05, 0) is 30.3 Å². The third kappa shape index (κ3) is 2.24. The number of aromatic nitrogens is 3. The number of benzene rings is 1. The quantitative estimate of drug-likeness (QED) is 0.712. The fourth-order valence-electron chi connectivity index (χ4n) is 1.67. The lowest BCUT2D eigenvalue weighted by Gasteiger charge is -1.94. The van der Waals surface area contributed by atoms with Gasteiger partial charge in [-0.1, -0.05) is 11.2 Å². The molecular formula is C14H7FN4O. The first kappa shape index (κ1) is 12.0. The van der Waals surface area contributed by atoms with Crippen LogP contribution in [0.15, 0.2) is 47.1 Å². The topological polar surface area (TPSA) is 75.6 Å². The van der Waals surface area contributed by atoms with Gasteiger partial charge in [-0.3, -0.25) is 0 Å². The van der Waals surface area contributed by atoms with Crippen molar-refractivity contribution < 1.29 is 8.91 Å². The highest BCUT2D eigenvalue weighted by atomic mass is 19.1. The van der Waals surface area contributed by atoms with Gasteiger partial charge in [0.05, 0.1) is 17.8 Å². The van der Waals surface area contributed by atoms with Crippen LogP contribution in [0.25, 0.3) is 23.0 Å². The van der Waals surface area contributed by atoms with E-state index in [1.54, 1.807) is 24.3 Å². The van der Waals surface area contributed by atoms with Crippen LogP contribution in [0, 0.1) is 17.1 Å². The van der Waals surface area contributed by atoms with Crippen LogP contribution in [-0.2, 0) is 0 Å². The number of rotatable bonds is 2. The van der Waals surface area contributed by atoms with Crippen LogP contribution in [0.5, 0.6) is 0 Å². The molecule has 0 saturated carbocycles. The van der Waals surface area contributed by atoms with E-state index in [0.717, 1.165) is 6.20 Å². The van der Waals surface area contributed by atoms with Crippen LogP contribution in [-0.4, -0.2) is 15.1 Å². The Balaban J connectivity index is 1.97. The Morgan fingerprint density at radius 1 is 1.20 bits per heavy atom. The number of hydrogen-bond acceptors (Lipinski definition) is 5. The highest BCUT2D eigenvalue weighted by molar-refractivity contribution is 5.59. The van der Waals surface area contributed by atoms with Gasteiger partial charge in [0.25, 0.3) is 5.89 Å². The first-order valence-electron chi connectivity index (χ1n) is 5.72. The zero-order valence-corrected chi connectivity index (χ0v) is 10.1. The van der Waals surface area contributed by atoms with Crippen molar-refractivity contribution in [2.75, 3.05) is 0 Å². The van der Waals surface area contributed by atoms with Crippen molar-refractivity contribution in [1.82, 2.24) is 15.1 Å². The molecule has 0 fully saturated rings. The Kier molecular flexibility index (Phi) is 2.94. The fourth-order valence-corrected chi connectivity index (χ4v) is 1.67. The summed E-state index contributed by atoms with van der Waals surface area (Å²) in [7, 11) is 0. The van der Waals surface area contributed by atoms with Gasteiger partial charge in [-0.15, -0.1) is 0 Å². The van der Waals surface area contributed by atoms with Crippen LogP contribution in [0.3, 0.4) is 0 Å². The van der Waals surface area contributed by atoms with Crippen LogP contribution in [0.4, 0.5) is 4.39 Å². The Hall–Kier alpha value is -3.07. The summed E-state index contributed by atoms with van der Waals surface area (Å²) in [5.41, 5.74) is 1.56. The summed E-state index contributed by atoms with van der Waals surface area (Å²) < 4.78 is 17.9. The van der Waals surface area contributed by atoms with E-state index in [1.165, 1.54) is 12.1 Å². The van der Waals surface area contributed by atoms with Gasteiger partial charge >= 0.3 is 0 Å². The van der Waals surface area contributed by atoms with Gasteiger partial charge in [0.15, 0.2) is 0 Å². The summed E-state index contributed by atoms with van der Waals surface area (Å²) >= 11 is 0. The third-order valence-corrected chi connectivity index (χ3v) is 2.62. The van der Waals surface area contributed by atoms with Crippen LogP contribution in [0.1, 0.15) is 5.56 Å². The first-order chi connectivity index (χ1) is 9.76. The molecule has 2 heterocycles. The maximum absolute atomic E-state index is 12.8. The molecule has 0 aliphatic heterocycles. The molecule has 0 aliphatic rings. The van der Waals surface area contributed by atoms with Gasteiger partial charge in [0, 0.05) is 5.56 Å². The molecule has 1 aromatic carbocycles. The van der Waals surface area contributed by atoms with E-state index < -0.39 is 5.82 Å². The minimum absolute atomic E-state index is 0.266. The fraction of sp³-hybridized carbons (Fsp3) is 0. The lowest BCUT2D eigenvalue weighted by molar-refractivity contribution is 0.432. The third-order valence-electron chi connectivity index (χ3n) is 2.62. The van der Waals surface area contributed by atoms with E-state index >= 15 is 0 Å². The number of halogens is 1. The van der Waals surface area contributed by atoms with Gasteiger partial charge in [-0.25, -0.2) is 9.37 Å². The van der Waals surface area contributed by atoms with Crippen LogP contribution >= 0.6 is 0 Å². The maximum Gasteiger partial charge on any atom is 0.258 e. The molecule has 2 aromatic heterocycles. The van der Waals surface area contributed by atoms with E-state index in [2.05, 4.69) is 15.1 Å². The molecule has 0 aliphatic carbocycles. The average Bonchev–Trinajstić information content (AvgIpc) is 2.98. The van der Waals surface area contributed by atoms with E-state index in [0.29, 0.717) is 16.8 Å². The molecule has 3 aromatic rings. The predicted molar refractivity (Wildman–Crippen MR) is 67.6 cm³/mol. The number of hydrogen-bond donors (Lipinski definition) is 0. The molecule has 0 unspecified atom stereocenters. The van der Waals surface area contributed by atoms with E-state index in [4.69, 9.17) is 9.78 Å². The molecule has 96 valence electrons. The Morgan fingerprint density at radius 3 is 2.85 bits per heavy atom. The molecule has 5 nitrogen and oxygen atoms in total. The monoisotopic (exact) mass is 266 g/mol. The summed E-state index contributed by atoms with van der Waals surface area (Å²) in [6.45, 7) is 0. The zero-order valence-electron chi connectivity index (χ0n) is 10.1. The van der Waals surface area contributed by atoms with Gasteiger partial charge in [0.2, 0.25) is 5.82 Å². The van der Waals surface area contributed by atoms with Crippen molar-refractivity contribution in [3.63, 3.8) is 0 Å². The van der Waals surface area contributed by atoms with E-state index in [-0.39, 0.29) is 11.7 Å². The summed E-state index contributed by atoms with van der Waals surface area (Å²) in [6, 6.07) is 11.6. The van der Waals surface area contributed by atoms with Crippen LogP contribution < -0.4 is 0 Å². The highest BCUT2D eigenvalue weighted by Crippen LogP contribution is 2.21. The molecule has 0 spiro atoms. The van der Waals surface area contributed by atoms with Crippen LogP contribution in [0.2, 0.25) is 0 Å². The molecule has 0 amide bonds. The molecule has 6 heteroatoms. The van der Waals surface area contributed by atoms with Crippen molar-refractivity contribution in [3.05, 3.63) is 54.0 Å². The molecule has 0 saturated heterocycles. The minimum Gasteiger partial charge on any atom is -0.334 e. The first-order valence-corrected chi connectivity index (χ1v) is 5.72. The van der Waals surface area contributed by atoms with Crippen molar-refractivity contribution in [2.24, 2.45) is 0 Å². The van der Waals surface area contributed by atoms with Crippen molar-refractivity contribution in [3.8, 4) is 29.0 Å². The lowest BCUT2D eigenvalue weighted by Crippen LogP contribution is -1.86. The number of nitrogens with zero attached hydrogens (tertiary/aromatic N) is 4. The van der Waals surface area contributed by atoms with Gasteiger partial charge in [-0.2, -0.15) is 10.2 Å². The van der Waals surface area contributed by atoms with Gasteiger partial charge in [0.1, 0.15) is 11.5 Å². The second-order valence-electron chi connectivity index (χ2n) is 3.98. The van der Waals surface area contributed by atoms with Crippen molar-refractivity contribution in [1.29, 1.82) is 5.26 Å². The van der Waals surface area contributed by atoms with Crippen molar-refractivity contribution in [2.45, 2.75) is 0 Å². The van der Waals surface area contributed by atoms with E-state index in [9.17, 15) is 4.39 Å². The summed E-state index contributed by atoms with van der Waals surface area (Å²) in [6.07, 6.45) is 1.08. The molecule has 0 atom stereocenters. The number of pyridine rings is 1. The minimum atomic E-state index is -0.431. The second-order valence-corrected chi connectivity index (χ2v) is 3.98. The van der Waals surface area contributed by atoms with Gasteiger partial charge < -0.3 is 4.52 Å². The molecule has 3 rings (SSSR count). The lowest BCUT2D eigenvalue weighted by atomic mass is 10.1. The van der Waals surface area contributed by atoms with Crippen molar-refractivity contribution >= 4 is 0 Å². The molecule has 20 heavy (non-hydrogen) atoms. The average molecular weight is 266 g/mol. The summed E-state index contributed by atoms with van der Waals surface area (Å²) in [4.78, 5) is 8.06. The summed E-state index contributed by atoms with van der Waals surface area (Å²) in [5.74, 6) is 0.116. The number of nitriles is 1. The Morgan fingerprint density at radius 2 is 2.10 bits per heavy atom. The maximum atomic E-state index is 12.8. The Bertz CT molecular complexity index is 789.